The molecule has 21 rings (SSSR count). The molecule has 0 aromatic heterocycles. The quantitative estimate of drug-likeness (QED) is 0.175. The van der Waals surface area contributed by atoms with Gasteiger partial charge in [-0.1, -0.05) is 111 Å². The summed E-state index contributed by atoms with van der Waals surface area (Å²) >= 11 is 0. The standard InChI is InChI=1S/C75H89N3O5/c76-33-10-16-43-14-7-20-55-63(43)68(80)83-75(55)61-37-44(42-12-2-1-3-13-42)22-24-51-50-19-6-15-46-34-53-45-23-25-57-54-35-47-41-77-56(54)21-8-17-49-18-9-29-71(49)30-11-31-72(71)40-48(39-70(72)27-4-5-28-70)58(77)38-60(79)67-73(75)32-26-52(65(51)74(61,73)69(81)82-67)64(62(46)50)66(53)78(57)59(47)36-45/h6-7,14,19-20,22-25,42,44-51,54,56-59,61-62,64,79H,1-5,9-13,15-16,18,21,26-41,76H2. The van der Waals surface area contributed by atoms with Crippen LogP contribution in [0.2, 0.25) is 0 Å². The minimum atomic E-state index is -1.19. The van der Waals surface area contributed by atoms with Crippen molar-refractivity contribution in [3.05, 3.63) is 105 Å². The van der Waals surface area contributed by atoms with Gasteiger partial charge in [0.05, 0.1) is 17.0 Å². The lowest BCUT2D eigenvalue weighted by Gasteiger charge is -2.73. The molecular formula is C75H89N3O5. The van der Waals surface area contributed by atoms with Gasteiger partial charge in [0.1, 0.15) is 11.2 Å². The molecule has 3 saturated heterocycles. The highest BCUT2D eigenvalue weighted by Crippen LogP contribution is 2.89. The summed E-state index contributed by atoms with van der Waals surface area (Å²) in [7, 11) is 0. The number of esters is 2. The summed E-state index contributed by atoms with van der Waals surface area (Å²) in [5, 5.41) is 14.5. The van der Waals surface area contributed by atoms with Crippen molar-refractivity contribution >= 4 is 11.9 Å². The second kappa shape index (κ2) is 16.8. The maximum Gasteiger partial charge on any atom is 0.339 e. The molecule has 434 valence electrons. The Morgan fingerprint density at radius 2 is 1.69 bits per heavy atom. The van der Waals surface area contributed by atoms with E-state index in [4.69, 9.17) is 15.2 Å². The fraction of sp³-hybridized carbons (Fsp3) is 0.707. The molecule has 1 aromatic rings. The number of ether oxygens (including phenoxy) is 2. The van der Waals surface area contributed by atoms with Crippen LogP contribution in [0, 0.1) is 116 Å². The Morgan fingerprint density at radius 3 is 2.58 bits per heavy atom. The van der Waals surface area contributed by atoms with Gasteiger partial charge in [-0.25, -0.2) is 4.79 Å². The Morgan fingerprint density at radius 1 is 0.795 bits per heavy atom. The number of aliphatic hydroxyl groups excluding tert-OH is 1. The first-order valence-electron chi connectivity index (χ1n) is 34.9. The van der Waals surface area contributed by atoms with Crippen molar-refractivity contribution in [3.63, 3.8) is 0 Å². The van der Waals surface area contributed by atoms with Gasteiger partial charge < -0.3 is 25.2 Å². The van der Waals surface area contributed by atoms with Gasteiger partial charge in [-0.15, -0.1) is 5.92 Å². The highest BCUT2D eigenvalue weighted by Gasteiger charge is 2.94. The number of hydrogen-bond acceptors (Lipinski definition) is 8. The number of carbonyl (C=O) groups is 2. The van der Waals surface area contributed by atoms with Gasteiger partial charge in [-0.3, -0.25) is 9.69 Å². The molecule has 9 fully saturated rings. The van der Waals surface area contributed by atoms with Crippen molar-refractivity contribution in [2.45, 2.75) is 210 Å². The topological polar surface area (TPSA) is 105 Å². The summed E-state index contributed by atoms with van der Waals surface area (Å²) in [5.74, 6) is 13.0. The first kappa shape index (κ1) is 49.8. The largest absolute Gasteiger partial charge is 0.509 e. The predicted molar refractivity (Wildman–Crippen MR) is 317 cm³/mol. The number of nitrogens with zero attached hydrogens (tertiary/aromatic N) is 2. The van der Waals surface area contributed by atoms with E-state index in [2.05, 4.69) is 76.3 Å². The molecule has 12 bridgehead atoms. The number of allylic oxidation sites excluding steroid dienone is 7. The van der Waals surface area contributed by atoms with E-state index >= 15 is 9.59 Å². The van der Waals surface area contributed by atoms with E-state index in [1.54, 1.807) is 16.8 Å². The molecular weight excluding hydrogens is 1020 g/mol. The number of nitrogens with two attached hydrogens (primary N) is 1. The highest BCUT2D eigenvalue weighted by molar-refractivity contribution is 6.00. The van der Waals surface area contributed by atoms with Crippen LogP contribution in [-0.2, 0) is 26.3 Å². The minimum absolute atomic E-state index is 0.0227. The maximum atomic E-state index is 17.2. The highest BCUT2D eigenvalue weighted by atomic mass is 16.6. The number of aliphatic hydroxyl groups is 1. The van der Waals surface area contributed by atoms with Crippen LogP contribution < -0.4 is 5.73 Å². The SMILES string of the molecule is NCCCc1cccc2c1C(=O)OC21C2CC(C3CCCCC3)C=CC3C4=C5CCC16C(=C(O)CC1C7CC8(CCCC8)C8(CCCC89CCCC9C#CCC8C9CC(CN18)C1CC8C=CC9N1C1=C8CC8CC=CC3C8C51)C7)OC(=O)C426. The number of fused-ring (bicyclic) bond motifs is 9. The zero-order valence-electron chi connectivity index (χ0n) is 49.3. The molecule has 21 unspecified atom stereocenters. The smallest absolute Gasteiger partial charge is 0.339 e. The summed E-state index contributed by atoms with van der Waals surface area (Å²) in [6, 6.07) is 7.63. The molecule has 6 saturated carbocycles. The van der Waals surface area contributed by atoms with E-state index in [1.807, 2.05) is 0 Å². The number of benzene rings is 1. The van der Waals surface area contributed by atoms with Crippen LogP contribution in [0.5, 0.6) is 0 Å². The van der Waals surface area contributed by atoms with E-state index < -0.39 is 16.4 Å². The van der Waals surface area contributed by atoms with Gasteiger partial charge in [-0.05, 0) is 209 Å². The minimum Gasteiger partial charge on any atom is -0.509 e. The summed E-state index contributed by atoms with van der Waals surface area (Å²) in [6.07, 6.45) is 47.9. The van der Waals surface area contributed by atoms with E-state index in [0.29, 0.717) is 108 Å². The number of hydrogen-bond donors (Lipinski definition) is 2. The molecule has 0 radical (unpaired) electrons. The summed E-state index contributed by atoms with van der Waals surface area (Å²) in [6.45, 7) is 1.59. The van der Waals surface area contributed by atoms with Crippen LogP contribution in [0.1, 0.15) is 195 Å². The first-order valence-corrected chi connectivity index (χ1v) is 34.9. The lowest BCUT2D eigenvalue weighted by Crippen LogP contribution is -2.78. The van der Waals surface area contributed by atoms with Gasteiger partial charge in [-0.2, -0.15) is 0 Å². The average Bonchev–Trinajstić information content (AvgIpc) is 1.55. The summed E-state index contributed by atoms with van der Waals surface area (Å²) < 4.78 is 15.1. The van der Waals surface area contributed by atoms with Crippen LogP contribution >= 0.6 is 0 Å². The van der Waals surface area contributed by atoms with Crippen molar-refractivity contribution in [1.29, 1.82) is 0 Å². The van der Waals surface area contributed by atoms with Gasteiger partial charge in [0, 0.05) is 78.4 Å². The number of aryl methyl sites for hydroxylation is 1. The van der Waals surface area contributed by atoms with Crippen molar-refractivity contribution in [3.8, 4) is 11.8 Å². The Hall–Kier alpha value is -4.32. The van der Waals surface area contributed by atoms with E-state index in [1.165, 1.54) is 134 Å². The lowest BCUT2D eigenvalue weighted by molar-refractivity contribution is -0.283. The van der Waals surface area contributed by atoms with Gasteiger partial charge in [0.25, 0.3) is 0 Å². The maximum absolute atomic E-state index is 17.2. The van der Waals surface area contributed by atoms with Crippen molar-refractivity contribution in [2.75, 3.05) is 13.1 Å². The molecule has 83 heavy (non-hydrogen) atoms. The molecule has 11 aliphatic carbocycles. The molecule has 9 aliphatic heterocycles. The first-order chi connectivity index (χ1) is 40.7. The summed E-state index contributed by atoms with van der Waals surface area (Å²) in [5.41, 5.74) is 12.7. The summed E-state index contributed by atoms with van der Waals surface area (Å²) in [4.78, 5) is 39.0. The molecule has 8 nitrogen and oxygen atoms in total. The molecule has 1 aromatic carbocycles. The predicted octanol–water partition coefficient (Wildman–Crippen LogP) is 13.9. The molecule has 8 heteroatoms. The number of piperidine rings is 2. The van der Waals surface area contributed by atoms with Crippen LogP contribution in [0.15, 0.2) is 88.6 Å². The normalized spacial score (nSPS) is 49.8. The van der Waals surface area contributed by atoms with Crippen LogP contribution in [0.25, 0.3) is 0 Å². The van der Waals surface area contributed by atoms with Crippen molar-refractivity contribution in [2.24, 2.45) is 110 Å². The van der Waals surface area contributed by atoms with Crippen LogP contribution in [0.3, 0.4) is 0 Å². The second-order valence-corrected chi connectivity index (χ2v) is 32.2. The number of carbonyl (C=O) groups excluding carboxylic acids is 2. The van der Waals surface area contributed by atoms with Crippen molar-refractivity contribution in [1.82, 2.24) is 9.80 Å². The Kier molecular flexibility index (Phi) is 10.1. The molecule has 6 spiro atoms. The van der Waals surface area contributed by atoms with E-state index in [9.17, 15) is 5.11 Å². The third kappa shape index (κ3) is 5.57. The molecule has 3 N–H and O–H groups in total. The average molecular weight is 1110 g/mol. The van der Waals surface area contributed by atoms with E-state index in [0.717, 1.165) is 49.8 Å². The van der Waals surface area contributed by atoms with Gasteiger partial charge in [0.2, 0.25) is 0 Å². The third-order valence-electron chi connectivity index (χ3n) is 30.5. The Labute approximate surface area is 493 Å². The molecule has 20 aliphatic rings. The van der Waals surface area contributed by atoms with E-state index in [-0.39, 0.29) is 64.4 Å². The zero-order chi connectivity index (χ0) is 54.7. The third-order valence-corrected chi connectivity index (χ3v) is 30.5. The van der Waals surface area contributed by atoms with Crippen LogP contribution in [0.4, 0.5) is 0 Å². The van der Waals surface area contributed by atoms with Crippen molar-refractivity contribution < 1.29 is 24.2 Å². The fourth-order valence-corrected chi connectivity index (χ4v) is 28.5. The van der Waals surface area contributed by atoms with Crippen LogP contribution in [-0.4, -0.2) is 64.1 Å². The number of rotatable bonds is 4. The second-order valence-electron chi connectivity index (χ2n) is 32.2. The molecule has 9 heterocycles. The lowest BCUT2D eigenvalue weighted by atomic mass is 9.27. The fourth-order valence-electron chi connectivity index (χ4n) is 28.5. The Bertz CT molecular complexity index is 3350. The van der Waals surface area contributed by atoms with Gasteiger partial charge in [0.15, 0.2) is 11.4 Å². The monoisotopic (exact) mass is 1110 g/mol. The zero-order valence-corrected chi connectivity index (χ0v) is 49.3. The van der Waals surface area contributed by atoms with Gasteiger partial charge >= 0.3 is 11.9 Å². The molecule has 0 amide bonds. The Balaban J connectivity index is 0.882. The molecule has 21 atom stereocenters.